The van der Waals surface area contributed by atoms with E-state index in [9.17, 15) is 0 Å². The molecular weight excluding hydrogens is 190 g/mol. The number of methoxy groups -OCH3 is 1. The molecule has 1 aromatic carbocycles. The lowest BCUT2D eigenvalue weighted by atomic mass is 10.2. The van der Waals surface area contributed by atoms with E-state index in [1.165, 1.54) is 0 Å². The van der Waals surface area contributed by atoms with Gasteiger partial charge in [0.1, 0.15) is 5.75 Å². The number of nitrogens with zero attached hydrogens (tertiary/aromatic N) is 2. The van der Waals surface area contributed by atoms with Crippen molar-refractivity contribution < 1.29 is 4.74 Å². The Labute approximate surface area is 88.6 Å². The third-order valence-corrected chi connectivity index (χ3v) is 2.56. The molecule has 0 spiro atoms. The zero-order valence-electron chi connectivity index (χ0n) is 8.97. The van der Waals surface area contributed by atoms with E-state index in [1.807, 2.05) is 36.0 Å². The summed E-state index contributed by atoms with van der Waals surface area (Å²) in [4.78, 5) is 0. The lowest BCUT2D eigenvalue weighted by molar-refractivity contribution is 0.415. The fourth-order valence-electron chi connectivity index (χ4n) is 1.60. The van der Waals surface area contributed by atoms with Crippen LogP contribution in [0.1, 0.15) is 13.0 Å². The molecule has 4 heteroatoms. The van der Waals surface area contributed by atoms with Crippen LogP contribution in [0.4, 0.5) is 0 Å². The first-order valence-electron chi connectivity index (χ1n) is 4.97. The Morgan fingerprint density at radius 2 is 2.33 bits per heavy atom. The van der Waals surface area contributed by atoms with Gasteiger partial charge in [0.2, 0.25) is 0 Å². The van der Waals surface area contributed by atoms with E-state index in [2.05, 4.69) is 5.10 Å². The normalized spacial score (nSPS) is 13.0. The fourth-order valence-corrected chi connectivity index (χ4v) is 1.60. The van der Waals surface area contributed by atoms with Crippen LogP contribution in [0.5, 0.6) is 5.75 Å². The number of aromatic nitrogens is 2. The molecule has 0 saturated carbocycles. The topological polar surface area (TPSA) is 53.1 Å². The van der Waals surface area contributed by atoms with Crippen LogP contribution in [-0.4, -0.2) is 23.4 Å². The van der Waals surface area contributed by atoms with E-state index < -0.39 is 0 Å². The molecule has 15 heavy (non-hydrogen) atoms. The third-order valence-electron chi connectivity index (χ3n) is 2.56. The summed E-state index contributed by atoms with van der Waals surface area (Å²) < 4.78 is 7.12. The standard InChI is InChI=1S/C11H15N3O/c1-8(6-12)14-11-5-10(15-2)4-3-9(11)7-13-14/h3-5,7-8H,6,12H2,1-2H3. The van der Waals surface area contributed by atoms with E-state index >= 15 is 0 Å². The third kappa shape index (κ3) is 1.68. The van der Waals surface area contributed by atoms with Crippen LogP contribution in [0, 0.1) is 0 Å². The Bertz CT molecular complexity index is 464. The smallest absolute Gasteiger partial charge is 0.121 e. The highest BCUT2D eigenvalue weighted by molar-refractivity contribution is 5.80. The highest BCUT2D eigenvalue weighted by atomic mass is 16.5. The summed E-state index contributed by atoms with van der Waals surface area (Å²) in [5.74, 6) is 0.841. The fraction of sp³-hybridized carbons (Fsp3) is 0.364. The van der Waals surface area contributed by atoms with Crippen molar-refractivity contribution in [2.75, 3.05) is 13.7 Å². The van der Waals surface area contributed by atoms with Crippen molar-refractivity contribution in [1.29, 1.82) is 0 Å². The predicted octanol–water partition coefficient (Wildman–Crippen LogP) is 1.56. The average Bonchev–Trinajstić information content (AvgIpc) is 2.70. The first-order chi connectivity index (χ1) is 7.26. The SMILES string of the molecule is COc1ccc2cnn(C(C)CN)c2c1. The van der Waals surface area contributed by atoms with Crippen LogP contribution in [0.3, 0.4) is 0 Å². The van der Waals surface area contributed by atoms with Gasteiger partial charge in [0.05, 0.1) is 24.9 Å². The van der Waals surface area contributed by atoms with E-state index in [0.29, 0.717) is 6.54 Å². The van der Waals surface area contributed by atoms with Gasteiger partial charge in [-0.3, -0.25) is 4.68 Å². The van der Waals surface area contributed by atoms with Crippen molar-refractivity contribution in [2.45, 2.75) is 13.0 Å². The maximum absolute atomic E-state index is 5.63. The molecule has 0 amide bonds. The summed E-state index contributed by atoms with van der Waals surface area (Å²) >= 11 is 0. The van der Waals surface area contributed by atoms with Crippen LogP contribution >= 0.6 is 0 Å². The molecule has 0 aliphatic rings. The van der Waals surface area contributed by atoms with Crippen LogP contribution in [0.25, 0.3) is 10.9 Å². The van der Waals surface area contributed by atoms with Gasteiger partial charge < -0.3 is 10.5 Å². The van der Waals surface area contributed by atoms with Gasteiger partial charge in [-0.25, -0.2) is 0 Å². The molecule has 0 radical (unpaired) electrons. The monoisotopic (exact) mass is 205 g/mol. The van der Waals surface area contributed by atoms with E-state index in [1.54, 1.807) is 7.11 Å². The Kier molecular flexibility index (Phi) is 2.60. The molecule has 4 nitrogen and oxygen atoms in total. The van der Waals surface area contributed by atoms with E-state index in [-0.39, 0.29) is 6.04 Å². The minimum absolute atomic E-state index is 0.203. The molecule has 0 aliphatic carbocycles. The Balaban J connectivity index is 2.56. The number of ether oxygens (including phenoxy) is 1. The molecule has 2 N–H and O–H groups in total. The molecule has 0 aliphatic heterocycles. The Morgan fingerprint density at radius 3 is 3.00 bits per heavy atom. The van der Waals surface area contributed by atoms with Gasteiger partial charge in [-0.05, 0) is 19.1 Å². The molecule has 2 rings (SSSR count). The van der Waals surface area contributed by atoms with Crippen molar-refractivity contribution >= 4 is 10.9 Å². The van der Waals surface area contributed by atoms with Crippen LogP contribution in [-0.2, 0) is 0 Å². The number of hydrogen-bond donors (Lipinski definition) is 1. The van der Waals surface area contributed by atoms with Crippen molar-refractivity contribution in [3.8, 4) is 5.75 Å². The molecule has 80 valence electrons. The number of rotatable bonds is 3. The number of nitrogens with two attached hydrogens (primary N) is 1. The maximum Gasteiger partial charge on any atom is 0.121 e. The highest BCUT2D eigenvalue weighted by Gasteiger charge is 2.08. The van der Waals surface area contributed by atoms with E-state index in [0.717, 1.165) is 16.7 Å². The average molecular weight is 205 g/mol. The first kappa shape index (κ1) is 9.98. The van der Waals surface area contributed by atoms with Crippen LogP contribution in [0.2, 0.25) is 0 Å². The summed E-state index contributed by atoms with van der Waals surface area (Å²) in [6.45, 7) is 2.62. The molecular formula is C11H15N3O. The number of hydrogen-bond acceptors (Lipinski definition) is 3. The maximum atomic E-state index is 5.63. The molecule has 0 saturated heterocycles. The van der Waals surface area contributed by atoms with Gasteiger partial charge in [0.25, 0.3) is 0 Å². The van der Waals surface area contributed by atoms with Gasteiger partial charge in [-0.15, -0.1) is 0 Å². The van der Waals surface area contributed by atoms with Crippen molar-refractivity contribution in [1.82, 2.24) is 9.78 Å². The zero-order valence-corrected chi connectivity index (χ0v) is 8.97. The number of fused-ring (bicyclic) bond motifs is 1. The Morgan fingerprint density at radius 1 is 1.53 bits per heavy atom. The van der Waals surface area contributed by atoms with Gasteiger partial charge >= 0.3 is 0 Å². The van der Waals surface area contributed by atoms with Crippen LogP contribution in [0.15, 0.2) is 24.4 Å². The summed E-state index contributed by atoms with van der Waals surface area (Å²) in [6.07, 6.45) is 1.85. The first-order valence-corrected chi connectivity index (χ1v) is 4.97. The zero-order chi connectivity index (χ0) is 10.8. The summed E-state index contributed by atoms with van der Waals surface area (Å²) in [5.41, 5.74) is 6.70. The molecule has 1 atom stereocenters. The predicted molar refractivity (Wildman–Crippen MR) is 60.1 cm³/mol. The van der Waals surface area contributed by atoms with Crippen molar-refractivity contribution in [3.63, 3.8) is 0 Å². The van der Waals surface area contributed by atoms with Crippen molar-refractivity contribution in [3.05, 3.63) is 24.4 Å². The molecule has 2 aromatic rings. The molecule has 1 aromatic heterocycles. The number of benzene rings is 1. The van der Waals surface area contributed by atoms with Gasteiger partial charge in [-0.2, -0.15) is 5.10 Å². The second-order valence-corrected chi connectivity index (χ2v) is 3.60. The largest absolute Gasteiger partial charge is 0.497 e. The van der Waals surface area contributed by atoms with Crippen LogP contribution < -0.4 is 10.5 Å². The Hall–Kier alpha value is -1.55. The quantitative estimate of drug-likeness (QED) is 0.827. The summed E-state index contributed by atoms with van der Waals surface area (Å²) in [5, 5.41) is 5.43. The summed E-state index contributed by atoms with van der Waals surface area (Å²) in [7, 11) is 1.66. The lowest BCUT2D eigenvalue weighted by Crippen LogP contribution is -2.16. The van der Waals surface area contributed by atoms with Gasteiger partial charge in [0, 0.05) is 18.0 Å². The second-order valence-electron chi connectivity index (χ2n) is 3.60. The summed E-state index contributed by atoms with van der Waals surface area (Å²) in [6, 6.07) is 6.12. The molecule has 0 bridgehead atoms. The second kappa shape index (κ2) is 3.90. The van der Waals surface area contributed by atoms with E-state index in [4.69, 9.17) is 10.5 Å². The minimum atomic E-state index is 0.203. The van der Waals surface area contributed by atoms with Gasteiger partial charge in [-0.1, -0.05) is 0 Å². The van der Waals surface area contributed by atoms with Crippen molar-refractivity contribution in [2.24, 2.45) is 5.73 Å². The minimum Gasteiger partial charge on any atom is -0.497 e. The lowest BCUT2D eigenvalue weighted by Gasteiger charge is -2.10. The van der Waals surface area contributed by atoms with Gasteiger partial charge in [0.15, 0.2) is 0 Å². The molecule has 1 heterocycles. The highest BCUT2D eigenvalue weighted by Crippen LogP contribution is 2.22. The molecule has 1 unspecified atom stereocenters. The molecule has 0 fully saturated rings.